The summed E-state index contributed by atoms with van der Waals surface area (Å²) in [6.07, 6.45) is 0. The number of aromatic amines is 2. The highest BCUT2D eigenvalue weighted by Gasteiger charge is 2.17. The maximum absolute atomic E-state index is 11.3. The summed E-state index contributed by atoms with van der Waals surface area (Å²) in [4.78, 5) is 18.1. The number of hydrogen-bond acceptors (Lipinski definition) is 3. The number of thiophene rings is 1. The first-order valence-electron chi connectivity index (χ1n) is 5.81. The largest absolute Gasteiger partial charge is 0.323 e. The average molecular weight is 338 g/mol. The summed E-state index contributed by atoms with van der Waals surface area (Å²) in [6, 6.07) is 8.17. The highest BCUT2D eigenvalue weighted by Crippen LogP contribution is 2.32. The maximum Gasteiger partial charge on any atom is 0.323 e. The molecule has 0 aliphatic carbocycles. The molecule has 0 saturated carbocycles. The molecule has 2 heterocycles. The number of fused-ring (bicyclic) bond motifs is 1. The van der Waals surface area contributed by atoms with Gasteiger partial charge in [0.05, 0.1) is 17.1 Å². The first-order valence-corrected chi connectivity index (χ1v) is 7.48. The van der Waals surface area contributed by atoms with E-state index in [-0.39, 0.29) is 11.7 Å². The van der Waals surface area contributed by atoms with Crippen LogP contribution in [0.25, 0.3) is 11.0 Å². The zero-order valence-electron chi connectivity index (χ0n) is 10.2. The van der Waals surface area contributed by atoms with E-state index in [0.29, 0.717) is 0 Å². The van der Waals surface area contributed by atoms with Gasteiger partial charge in [-0.15, -0.1) is 11.3 Å². The van der Waals surface area contributed by atoms with Crippen molar-refractivity contribution in [2.75, 3.05) is 7.05 Å². The average Bonchev–Trinajstić information content (AvgIpc) is 2.99. The van der Waals surface area contributed by atoms with E-state index in [1.54, 1.807) is 11.3 Å². The van der Waals surface area contributed by atoms with Crippen LogP contribution >= 0.6 is 27.3 Å². The Kier molecular flexibility index (Phi) is 3.30. The first kappa shape index (κ1) is 12.7. The number of halogens is 1. The minimum Gasteiger partial charge on any atom is -0.309 e. The minimum absolute atomic E-state index is 0.108. The van der Waals surface area contributed by atoms with Crippen molar-refractivity contribution in [2.24, 2.45) is 0 Å². The molecule has 19 heavy (non-hydrogen) atoms. The Labute approximate surface area is 122 Å². The maximum atomic E-state index is 11.3. The smallest absolute Gasteiger partial charge is 0.309 e. The number of rotatable bonds is 3. The molecule has 0 aliphatic heterocycles. The predicted molar refractivity (Wildman–Crippen MR) is 81.8 cm³/mol. The van der Waals surface area contributed by atoms with Gasteiger partial charge in [0.1, 0.15) is 0 Å². The zero-order valence-corrected chi connectivity index (χ0v) is 12.6. The van der Waals surface area contributed by atoms with Gasteiger partial charge in [0, 0.05) is 9.35 Å². The van der Waals surface area contributed by atoms with Gasteiger partial charge in [-0.25, -0.2) is 4.79 Å². The SMILES string of the molecule is CNC(c1cccs1)c1cc2[nH]c(=O)[nH]c2cc1Br. The second kappa shape index (κ2) is 4.96. The van der Waals surface area contributed by atoms with Gasteiger partial charge >= 0.3 is 5.69 Å². The number of H-pyrrole nitrogens is 2. The molecule has 1 atom stereocenters. The lowest BCUT2D eigenvalue weighted by atomic mass is 10.0. The molecule has 1 unspecified atom stereocenters. The van der Waals surface area contributed by atoms with Crippen LogP contribution in [0, 0.1) is 0 Å². The van der Waals surface area contributed by atoms with E-state index < -0.39 is 0 Å². The summed E-state index contributed by atoms with van der Waals surface area (Å²) in [5, 5.41) is 5.37. The molecular formula is C13H12BrN3OS. The van der Waals surface area contributed by atoms with Crippen molar-refractivity contribution < 1.29 is 0 Å². The molecule has 4 nitrogen and oxygen atoms in total. The molecule has 0 spiro atoms. The highest BCUT2D eigenvalue weighted by atomic mass is 79.9. The Morgan fingerprint density at radius 2 is 2.05 bits per heavy atom. The van der Waals surface area contributed by atoms with Crippen LogP contribution in [0.1, 0.15) is 16.5 Å². The molecule has 0 aliphatic rings. The molecule has 0 fully saturated rings. The van der Waals surface area contributed by atoms with Gasteiger partial charge in [-0.2, -0.15) is 0 Å². The summed E-state index contributed by atoms with van der Waals surface area (Å²) in [6.45, 7) is 0. The molecule has 0 saturated heterocycles. The predicted octanol–water partition coefficient (Wildman–Crippen LogP) is 2.99. The van der Waals surface area contributed by atoms with Gasteiger partial charge in [-0.1, -0.05) is 22.0 Å². The van der Waals surface area contributed by atoms with E-state index in [1.807, 2.05) is 25.2 Å². The van der Waals surface area contributed by atoms with E-state index in [9.17, 15) is 4.79 Å². The van der Waals surface area contributed by atoms with Crippen LogP contribution in [-0.4, -0.2) is 17.0 Å². The van der Waals surface area contributed by atoms with Crippen LogP contribution in [0.3, 0.4) is 0 Å². The third kappa shape index (κ3) is 2.27. The highest BCUT2D eigenvalue weighted by molar-refractivity contribution is 9.10. The van der Waals surface area contributed by atoms with Gasteiger partial charge in [0.25, 0.3) is 0 Å². The van der Waals surface area contributed by atoms with Crippen LogP contribution in [0.4, 0.5) is 0 Å². The van der Waals surface area contributed by atoms with Crippen LogP contribution in [0.15, 0.2) is 38.9 Å². The fraction of sp³-hybridized carbons (Fsp3) is 0.154. The molecule has 0 amide bonds. The molecule has 1 aromatic carbocycles. The Morgan fingerprint density at radius 3 is 2.68 bits per heavy atom. The first-order chi connectivity index (χ1) is 9.19. The Morgan fingerprint density at radius 1 is 1.32 bits per heavy atom. The summed E-state index contributed by atoms with van der Waals surface area (Å²) in [7, 11) is 1.93. The second-order valence-corrected chi connectivity index (χ2v) is 6.07. The van der Waals surface area contributed by atoms with Crippen LogP contribution < -0.4 is 11.0 Å². The van der Waals surface area contributed by atoms with E-state index >= 15 is 0 Å². The number of benzene rings is 1. The standard InChI is InChI=1S/C13H12BrN3OS/c1-15-12(11-3-2-4-19-11)7-5-9-10(6-8(7)14)17-13(18)16-9/h2-6,12,15H,1H3,(H2,16,17,18). The Balaban J connectivity index is 2.17. The van der Waals surface area contributed by atoms with Crippen molar-refractivity contribution in [3.8, 4) is 0 Å². The lowest BCUT2D eigenvalue weighted by Gasteiger charge is -2.16. The van der Waals surface area contributed by atoms with Gasteiger partial charge < -0.3 is 15.3 Å². The lowest BCUT2D eigenvalue weighted by molar-refractivity contribution is 0.702. The fourth-order valence-corrected chi connectivity index (χ4v) is 3.63. The molecule has 3 rings (SSSR count). The molecule has 0 radical (unpaired) electrons. The molecule has 2 aromatic heterocycles. The summed E-state index contributed by atoms with van der Waals surface area (Å²) >= 11 is 5.29. The van der Waals surface area contributed by atoms with E-state index in [4.69, 9.17) is 0 Å². The van der Waals surface area contributed by atoms with Crippen molar-refractivity contribution in [3.05, 3.63) is 55.0 Å². The summed E-state index contributed by atoms with van der Waals surface area (Å²) in [5.41, 5.74) is 2.55. The molecule has 6 heteroatoms. The minimum atomic E-state index is -0.184. The van der Waals surface area contributed by atoms with Crippen LogP contribution in [-0.2, 0) is 0 Å². The quantitative estimate of drug-likeness (QED) is 0.688. The molecular weight excluding hydrogens is 326 g/mol. The van der Waals surface area contributed by atoms with Crippen molar-refractivity contribution in [2.45, 2.75) is 6.04 Å². The van der Waals surface area contributed by atoms with Gasteiger partial charge in [-0.3, -0.25) is 0 Å². The number of hydrogen-bond donors (Lipinski definition) is 3. The second-order valence-electron chi connectivity index (χ2n) is 4.24. The normalized spacial score (nSPS) is 12.9. The lowest BCUT2D eigenvalue weighted by Crippen LogP contribution is -2.17. The number of nitrogens with one attached hydrogen (secondary N) is 3. The van der Waals surface area contributed by atoms with Gasteiger partial charge in [0.2, 0.25) is 0 Å². The molecule has 98 valence electrons. The van der Waals surface area contributed by atoms with Gasteiger partial charge in [-0.05, 0) is 36.2 Å². The third-order valence-corrected chi connectivity index (χ3v) is 4.68. The Bertz CT molecular complexity index is 760. The van der Waals surface area contributed by atoms with E-state index in [1.165, 1.54) is 4.88 Å². The number of imidazole rings is 1. The van der Waals surface area contributed by atoms with Crippen LogP contribution in [0.5, 0.6) is 0 Å². The van der Waals surface area contributed by atoms with Gasteiger partial charge in [0.15, 0.2) is 0 Å². The van der Waals surface area contributed by atoms with E-state index in [0.717, 1.165) is 21.1 Å². The van der Waals surface area contributed by atoms with Crippen molar-refractivity contribution in [3.63, 3.8) is 0 Å². The van der Waals surface area contributed by atoms with E-state index in [2.05, 4.69) is 42.7 Å². The molecule has 0 bridgehead atoms. The number of aromatic nitrogens is 2. The third-order valence-electron chi connectivity index (χ3n) is 3.06. The Hall–Kier alpha value is -1.37. The fourth-order valence-electron chi connectivity index (χ4n) is 2.20. The van der Waals surface area contributed by atoms with Crippen molar-refractivity contribution in [1.82, 2.24) is 15.3 Å². The van der Waals surface area contributed by atoms with Crippen molar-refractivity contribution in [1.29, 1.82) is 0 Å². The van der Waals surface area contributed by atoms with Crippen molar-refractivity contribution >= 4 is 38.3 Å². The summed E-state index contributed by atoms with van der Waals surface area (Å²) < 4.78 is 0.975. The van der Waals surface area contributed by atoms with Crippen LogP contribution in [0.2, 0.25) is 0 Å². The molecule has 3 aromatic rings. The topological polar surface area (TPSA) is 60.7 Å². The zero-order chi connectivity index (χ0) is 13.4. The summed E-state index contributed by atoms with van der Waals surface area (Å²) in [5.74, 6) is 0. The monoisotopic (exact) mass is 337 g/mol. The molecule has 3 N–H and O–H groups in total.